The summed E-state index contributed by atoms with van der Waals surface area (Å²) in [5.74, 6) is -2.27. The van der Waals surface area contributed by atoms with Crippen molar-refractivity contribution in [2.45, 2.75) is 33.1 Å². The fourth-order valence-corrected chi connectivity index (χ4v) is 5.16. The van der Waals surface area contributed by atoms with Gasteiger partial charge in [0.05, 0.1) is 24.0 Å². The van der Waals surface area contributed by atoms with Crippen LogP contribution in [0, 0.1) is 29.6 Å². The van der Waals surface area contributed by atoms with E-state index >= 15 is 0 Å². The number of likely N-dealkylation sites (tertiary alicyclic amines) is 1. The van der Waals surface area contributed by atoms with E-state index in [0.717, 1.165) is 24.2 Å². The van der Waals surface area contributed by atoms with E-state index < -0.39 is 31.0 Å². The third kappa shape index (κ3) is 4.77. The predicted molar refractivity (Wildman–Crippen MR) is 116 cm³/mol. The average molecular weight is 456 g/mol. The van der Waals surface area contributed by atoms with Crippen molar-refractivity contribution >= 4 is 35.3 Å². The molecule has 1 N–H and O–H groups in total. The van der Waals surface area contributed by atoms with Gasteiger partial charge in [-0.3, -0.25) is 24.1 Å². The Morgan fingerprint density at radius 1 is 1.00 bits per heavy atom. The summed E-state index contributed by atoms with van der Waals surface area (Å²) in [5, 5.41) is 2.56. The van der Waals surface area contributed by atoms with Crippen LogP contribution in [0.3, 0.4) is 0 Å². The van der Waals surface area contributed by atoms with E-state index in [2.05, 4.69) is 5.32 Å². The van der Waals surface area contributed by atoms with Crippen molar-refractivity contribution in [2.24, 2.45) is 29.6 Å². The second-order valence-corrected chi connectivity index (χ2v) is 9.43. The summed E-state index contributed by atoms with van der Waals surface area (Å²) in [5.41, 5.74) is 0.780. The number of imide groups is 1. The second kappa shape index (κ2) is 9.33. The van der Waals surface area contributed by atoms with Gasteiger partial charge < -0.3 is 14.8 Å². The van der Waals surface area contributed by atoms with Crippen LogP contribution in [0.1, 0.15) is 43.5 Å². The Morgan fingerprint density at radius 2 is 1.61 bits per heavy atom. The summed E-state index contributed by atoms with van der Waals surface area (Å²) >= 11 is 0. The molecule has 3 amide bonds. The average Bonchev–Trinajstić information content (AvgIpc) is 3.47. The van der Waals surface area contributed by atoms with Crippen LogP contribution in [0.4, 0.5) is 5.69 Å². The van der Waals surface area contributed by atoms with Gasteiger partial charge in [0, 0.05) is 5.69 Å². The van der Waals surface area contributed by atoms with E-state index in [1.54, 1.807) is 12.1 Å². The minimum absolute atomic E-state index is 0.228. The number of fused-ring (bicyclic) bond motifs is 5. The molecule has 176 valence electrons. The van der Waals surface area contributed by atoms with Crippen molar-refractivity contribution in [2.75, 3.05) is 25.1 Å². The first kappa shape index (κ1) is 22.9. The molecular formula is C24H28N2O7. The summed E-state index contributed by atoms with van der Waals surface area (Å²) in [7, 11) is 0. The molecule has 9 heteroatoms. The zero-order chi connectivity index (χ0) is 23.7. The van der Waals surface area contributed by atoms with Crippen LogP contribution in [-0.4, -0.2) is 54.3 Å². The smallest absolute Gasteiger partial charge is 0.338 e. The molecule has 1 aromatic rings. The van der Waals surface area contributed by atoms with Gasteiger partial charge in [0.15, 0.2) is 6.61 Å². The summed E-state index contributed by atoms with van der Waals surface area (Å²) in [6.07, 6.45) is 2.85. The zero-order valence-corrected chi connectivity index (χ0v) is 18.7. The molecule has 0 radical (unpaired) electrons. The quantitative estimate of drug-likeness (QED) is 0.469. The molecule has 33 heavy (non-hydrogen) atoms. The van der Waals surface area contributed by atoms with Crippen molar-refractivity contribution in [3.8, 4) is 0 Å². The maximum Gasteiger partial charge on any atom is 0.338 e. The molecule has 9 nitrogen and oxygen atoms in total. The molecule has 4 rings (SSSR count). The number of amides is 3. The van der Waals surface area contributed by atoms with Gasteiger partial charge in [-0.1, -0.05) is 13.8 Å². The highest BCUT2D eigenvalue weighted by molar-refractivity contribution is 6.08. The second-order valence-electron chi connectivity index (χ2n) is 9.43. The first-order valence-corrected chi connectivity index (χ1v) is 11.3. The molecule has 0 spiro atoms. The molecule has 4 atom stereocenters. The maximum atomic E-state index is 12.6. The third-order valence-corrected chi connectivity index (χ3v) is 6.62. The molecule has 1 heterocycles. The van der Waals surface area contributed by atoms with Gasteiger partial charge in [-0.05, 0) is 61.3 Å². The number of benzene rings is 1. The van der Waals surface area contributed by atoms with Crippen LogP contribution in [0.25, 0.3) is 0 Å². The van der Waals surface area contributed by atoms with Crippen LogP contribution in [-0.2, 0) is 28.7 Å². The number of nitrogens with zero attached hydrogens (tertiary/aromatic N) is 1. The van der Waals surface area contributed by atoms with Gasteiger partial charge in [-0.25, -0.2) is 4.79 Å². The van der Waals surface area contributed by atoms with Crippen molar-refractivity contribution in [1.82, 2.24) is 4.90 Å². The van der Waals surface area contributed by atoms with E-state index in [4.69, 9.17) is 9.47 Å². The van der Waals surface area contributed by atoms with Gasteiger partial charge in [0.25, 0.3) is 5.91 Å². The Balaban J connectivity index is 1.22. The van der Waals surface area contributed by atoms with Gasteiger partial charge >= 0.3 is 11.9 Å². The van der Waals surface area contributed by atoms with Gasteiger partial charge in [-0.15, -0.1) is 0 Å². The van der Waals surface area contributed by atoms with Crippen LogP contribution < -0.4 is 5.32 Å². The highest BCUT2D eigenvalue weighted by atomic mass is 16.5. The van der Waals surface area contributed by atoms with E-state index in [0.29, 0.717) is 17.9 Å². The van der Waals surface area contributed by atoms with E-state index in [9.17, 15) is 24.0 Å². The Labute approximate surface area is 191 Å². The summed E-state index contributed by atoms with van der Waals surface area (Å²) in [6.45, 7) is 3.18. The Bertz CT molecular complexity index is 944. The zero-order valence-electron chi connectivity index (χ0n) is 18.7. The summed E-state index contributed by atoms with van der Waals surface area (Å²) < 4.78 is 10.1. The van der Waals surface area contributed by atoms with Crippen LogP contribution in [0.15, 0.2) is 24.3 Å². The van der Waals surface area contributed by atoms with Crippen LogP contribution in [0.2, 0.25) is 0 Å². The fraction of sp³-hybridized carbons (Fsp3) is 0.542. The number of rotatable bonds is 8. The molecule has 2 saturated carbocycles. The van der Waals surface area contributed by atoms with Crippen molar-refractivity contribution in [3.63, 3.8) is 0 Å². The van der Waals surface area contributed by atoms with Crippen LogP contribution in [0.5, 0.6) is 0 Å². The molecule has 3 fully saturated rings. The highest BCUT2D eigenvalue weighted by Gasteiger charge is 2.61. The molecule has 1 aromatic carbocycles. The number of nitrogens with one attached hydrogen (secondary N) is 1. The molecular weight excluding hydrogens is 428 g/mol. The number of hydrogen-bond acceptors (Lipinski definition) is 7. The number of esters is 2. The van der Waals surface area contributed by atoms with Gasteiger partial charge in [0.2, 0.25) is 11.8 Å². The lowest BCUT2D eigenvalue weighted by molar-refractivity contribution is -0.154. The maximum absolute atomic E-state index is 12.6. The number of anilines is 1. The molecule has 1 saturated heterocycles. The molecule has 2 aliphatic carbocycles. The Morgan fingerprint density at radius 3 is 2.18 bits per heavy atom. The van der Waals surface area contributed by atoms with E-state index in [-0.39, 0.29) is 41.4 Å². The molecule has 2 bridgehead atoms. The fourth-order valence-electron chi connectivity index (χ4n) is 5.16. The number of hydrogen-bond donors (Lipinski definition) is 1. The lowest BCUT2D eigenvalue weighted by Crippen LogP contribution is -2.38. The topological polar surface area (TPSA) is 119 Å². The van der Waals surface area contributed by atoms with Crippen LogP contribution >= 0.6 is 0 Å². The number of carbonyl (C=O) groups is 5. The molecule has 3 aliphatic rings. The van der Waals surface area contributed by atoms with Crippen molar-refractivity contribution in [1.29, 1.82) is 0 Å². The molecule has 0 unspecified atom stereocenters. The molecule has 0 aromatic heterocycles. The summed E-state index contributed by atoms with van der Waals surface area (Å²) in [4.78, 5) is 62.5. The minimum atomic E-state index is -0.803. The normalized spacial score (nSPS) is 25.4. The Kier molecular flexibility index (Phi) is 6.49. The SMILES string of the molecule is CC(C)COC(=O)c1ccc(NC(=O)COC(=O)CN2C(=O)[C@@H]3[C@H]4CC[C@@H](C4)[C@@H]3C2=O)cc1. The number of carbonyl (C=O) groups excluding carboxylic acids is 5. The first-order chi connectivity index (χ1) is 15.7. The lowest BCUT2D eigenvalue weighted by atomic mass is 9.81. The van der Waals surface area contributed by atoms with Gasteiger partial charge in [-0.2, -0.15) is 0 Å². The van der Waals surface area contributed by atoms with E-state index in [1.165, 1.54) is 12.1 Å². The summed E-state index contributed by atoms with van der Waals surface area (Å²) in [6, 6.07) is 6.14. The van der Waals surface area contributed by atoms with Crippen molar-refractivity contribution in [3.05, 3.63) is 29.8 Å². The third-order valence-electron chi connectivity index (χ3n) is 6.62. The predicted octanol–water partition coefficient (Wildman–Crippen LogP) is 2.01. The largest absolute Gasteiger partial charge is 0.462 e. The van der Waals surface area contributed by atoms with E-state index in [1.807, 2.05) is 13.8 Å². The first-order valence-electron chi connectivity index (χ1n) is 11.3. The van der Waals surface area contributed by atoms with Crippen molar-refractivity contribution < 1.29 is 33.4 Å². The Hall–Kier alpha value is -3.23. The molecule has 1 aliphatic heterocycles. The monoisotopic (exact) mass is 456 g/mol. The number of ether oxygens (including phenoxy) is 2. The standard InChI is InChI=1S/C24H28N2O7/c1-13(2)11-33-24(31)14-5-7-17(8-6-14)25-18(27)12-32-19(28)10-26-22(29)20-15-3-4-16(9-15)21(20)23(26)30/h5-8,13,15-16,20-21H,3-4,9-12H2,1-2H3,(H,25,27)/t15-,16-,20-,21+/m0/s1. The minimum Gasteiger partial charge on any atom is -0.462 e. The van der Waals surface area contributed by atoms with Gasteiger partial charge in [0.1, 0.15) is 6.54 Å². The lowest BCUT2D eigenvalue weighted by Gasteiger charge is -2.19. The highest BCUT2D eigenvalue weighted by Crippen LogP contribution is 2.56.